The summed E-state index contributed by atoms with van der Waals surface area (Å²) in [4.78, 5) is 31.2. The van der Waals surface area contributed by atoms with Gasteiger partial charge in [-0.1, -0.05) is 66.4 Å². The molecule has 1 aliphatic carbocycles. The Hall–Kier alpha value is -3.56. The number of methoxy groups -OCH3 is 1. The fraction of sp³-hybridized carbons (Fsp3) is 0.387. The number of benzene rings is 2. The zero-order chi connectivity index (χ0) is 28.5. The van der Waals surface area contributed by atoms with Crippen molar-refractivity contribution in [2.45, 2.75) is 62.9 Å². The van der Waals surface area contributed by atoms with Gasteiger partial charge in [-0.05, 0) is 57.4 Å². The quantitative estimate of drug-likeness (QED) is 0.191. The van der Waals surface area contributed by atoms with Crippen LogP contribution in [-0.2, 0) is 21.6 Å². The summed E-state index contributed by atoms with van der Waals surface area (Å²) in [5.74, 6) is 0.580. The van der Waals surface area contributed by atoms with Crippen LogP contribution in [0.2, 0.25) is 0 Å². The maximum absolute atomic E-state index is 13.8. The minimum absolute atomic E-state index is 0.160. The summed E-state index contributed by atoms with van der Waals surface area (Å²) < 4.78 is 18.8. The molecule has 0 aliphatic heterocycles. The molecule has 2 aromatic carbocycles. The Labute approximate surface area is 238 Å². The monoisotopic (exact) mass is 561 g/mol. The van der Waals surface area contributed by atoms with Crippen LogP contribution in [0.25, 0.3) is 33.6 Å². The first-order chi connectivity index (χ1) is 19.2. The number of nitrogens with one attached hydrogen (secondary N) is 1. The Balaban J connectivity index is 1.59. The van der Waals surface area contributed by atoms with E-state index < -0.39 is 17.2 Å². The average Bonchev–Trinajstić information content (AvgIpc) is 3.29. The highest BCUT2D eigenvalue weighted by molar-refractivity contribution is 7.98. The maximum atomic E-state index is 13.8. The topological polar surface area (TPSA) is 95.6 Å². The van der Waals surface area contributed by atoms with Crippen LogP contribution in [0.5, 0.6) is 0 Å². The van der Waals surface area contributed by atoms with Crippen molar-refractivity contribution in [3.63, 3.8) is 0 Å². The number of fused-ring (bicyclic) bond motifs is 1. The molecule has 1 fully saturated rings. The summed E-state index contributed by atoms with van der Waals surface area (Å²) in [6, 6.07) is 17.8. The van der Waals surface area contributed by atoms with Crippen LogP contribution in [0.3, 0.4) is 0 Å². The lowest BCUT2D eigenvalue weighted by molar-refractivity contribution is 0.0377. The van der Waals surface area contributed by atoms with Gasteiger partial charge in [-0.25, -0.2) is 4.79 Å². The van der Waals surface area contributed by atoms with E-state index in [0.717, 1.165) is 36.0 Å². The zero-order valence-electron chi connectivity index (χ0n) is 23.6. The summed E-state index contributed by atoms with van der Waals surface area (Å²) in [5, 5.41) is 4.13. The van der Waals surface area contributed by atoms with E-state index in [1.165, 1.54) is 11.8 Å². The second-order valence-electron chi connectivity index (χ2n) is 11.0. The first-order valence-electron chi connectivity index (χ1n) is 13.4. The smallest absolute Gasteiger partial charge is 0.408 e. The van der Waals surface area contributed by atoms with Crippen molar-refractivity contribution in [3.05, 3.63) is 70.5 Å². The van der Waals surface area contributed by atoms with Gasteiger partial charge in [0.05, 0.1) is 18.7 Å². The van der Waals surface area contributed by atoms with E-state index in [0.29, 0.717) is 40.7 Å². The normalized spacial score (nSPS) is 14.6. The Morgan fingerprint density at radius 3 is 2.38 bits per heavy atom. The van der Waals surface area contributed by atoms with Crippen molar-refractivity contribution in [1.29, 1.82) is 0 Å². The molecule has 1 amide bonds. The molecule has 1 saturated carbocycles. The van der Waals surface area contributed by atoms with Crippen LogP contribution in [0.4, 0.5) is 4.79 Å². The molecule has 8 nitrogen and oxygen atoms in total. The number of furan rings is 1. The summed E-state index contributed by atoms with van der Waals surface area (Å²) in [6.07, 6.45) is 4.18. The van der Waals surface area contributed by atoms with Gasteiger partial charge in [-0.2, -0.15) is 4.98 Å². The van der Waals surface area contributed by atoms with Gasteiger partial charge in [0, 0.05) is 18.2 Å². The van der Waals surface area contributed by atoms with Gasteiger partial charge in [-0.15, -0.1) is 0 Å². The number of ether oxygens (including phenoxy) is 2. The van der Waals surface area contributed by atoms with Crippen LogP contribution in [-0.4, -0.2) is 41.2 Å². The Morgan fingerprint density at radius 1 is 1.10 bits per heavy atom. The predicted octanol–water partition coefficient (Wildman–Crippen LogP) is 6.60. The van der Waals surface area contributed by atoms with E-state index in [2.05, 4.69) is 5.32 Å². The molecule has 210 valence electrons. The van der Waals surface area contributed by atoms with Crippen molar-refractivity contribution in [2.75, 3.05) is 20.0 Å². The lowest BCUT2D eigenvalue weighted by Gasteiger charge is -2.43. The summed E-state index contributed by atoms with van der Waals surface area (Å²) in [7, 11) is 1.61. The van der Waals surface area contributed by atoms with Crippen molar-refractivity contribution in [3.8, 4) is 22.5 Å². The second kappa shape index (κ2) is 11.1. The number of hydrogen-bond donors (Lipinski definition) is 1. The minimum Gasteiger partial charge on any atom is -0.444 e. The number of nitrogens with zero attached hydrogens (tertiary/aromatic N) is 2. The van der Waals surface area contributed by atoms with E-state index in [4.69, 9.17) is 18.9 Å². The second-order valence-corrected chi connectivity index (χ2v) is 11.8. The lowest BCUT2D eigenvalue weighted by atomic mass is 9.71. The third-order valence-corrected chi connectivity index (χ3v) is 7.86. The number of carbonyl (C=O) groups excluding carboxylic acids is 1. The van der Waals surface area contributed by atoms with Gasteiger partial charge >= 0.3 is 6.09 Å². The fourth-order valence-electron chi connectivity index (χ4n) is 5.14. The van der Waals surface area contributed by atoms with Gasteiger partial charge in [0.25, 0.3) is 5.56 Å². The van der Waals surface area contributed by atoms with Crippen LogP contribution in [0.15, 0.2) is 69.0 Å². The molecule has 1 N–H and O–H groups in total. The summed E-state index contributed by atoms with van der Waals surface area (Å²) in [6.45, 7) is 6.36. The molecule has 40 heavy (non-hydrogen) atoms. The Morgan fingerprint density at radius 2 is 1.80 bits per heavy atom. The number of rotatable bonds is 8. The van der Waals surface area contributed by atoms with Gasteiger partial charge < -0.3 is 19.2 Å². The third-order valence-electron chi connectivity index (χ3n) is 7.19. The van der Waals surface area contributed by atoms with Crippen LogP contribution in [0, 0.1) is 0 Å². The summed E-state index contributed by atoms with van der Waals surface area (Å²) in [5.41, 5.74) is 2.54. The van der Waals surface area contributed by atoms with Gasteiger partial charge in [-0.3, -0.25) is 9.36 Å². The van der Waals surface area contributed by atoms with E-state index in [1.54, 1.807) is 11.7 Å². The molecular weight excluding hydrogens is 526 g/mol. The molecule has 4 aromatic rings. The first-order valence-corrected chi connectivity index (χ1v) is 14.7. The minimum atomic E-state index is -0.569. The summed E-state index contributed by atoms with van der Waals surface area (Å²) >= 11 is 1.39. The van der Waals surface area contributed by atoms with Crippen molar-refractivity contribution in [1.82, 2.24) is 14.9 Å². The van der Waals surface area contributed by atoms with E-state index in [-0.39, 0.29) is 5.56 Å². The molecule has 9 heteroatoms. The Kier molecular flexibility index (Phi) is 7.79. The number of amides is 1. The maximum Gasteiger partial charge on any atom is 0.408 e. The van der Waals surface area contributed by atoms with Crippen molar-refractivity contribution in [2.24, 2.45) is 0 Å². The molecule has 2 heterocycles. The Bertz CT molecular complexity index is 1570. The number of carbonyl (C=O) groups is 1. The van der Waals surface area contributed by atoms with Crippen LogP contribution >= 0.6 is 11.8 Å². The molecule has 1 aliphatic rings. The largest absolute Gasteiger partial charge is 0.444 e. The highest BCUT2D eigenvalue weighted by Gasteiger charge is 2.41. The third kappa shape index (κ3) is 5.40. The SMILES string of the molecule is COCCn1c(SC)nc2oc(-c3ccc(C4(NC(=O)OC(C)(C)C)CCC4)cc3)c(-c3ccccc3)c2c1=O. The van der Waals surface area contributed by atoms with Crippen LogP contribution < -0.4 is 10.9 Å². The molecule has 0 radical (unpaired) electrons. The average molecular weight is 562 g/mol. The zero-order valence-corrected chi connectivity index (χ0v) is 24.4. The first kappa shape index (κ1) is 28.0. The highest BCUT2D eigenvalue weighted by Crippen LogP contribution is 2.44. The molecule has 0 bridgehead atoms. The molecule has 0 spiro atoms. The molecule has 0 unspecified atom stereocenters. The number of alkyl carbamates (subject to hydrolysis) is 1. The molecule has 0 atom stereocenters. The predicted molar refractivity (Wildman–Crippen MR) is 158 cm³/mol. The number of hydrogen-bond acceptors (Lipinski definition) is 7. The van der Waals surface area contributed by atoms with E-state index in [1.807, 2.05) is 81.6 Å². The lowest BCUT2D eigenvalue weighted by Crippen LogP contribution is -2.52. The molecule has 2 aromatic heterocycles. The van der Waals surface area contributed by atoms with E-state index in [9.17, 15) is 9.59 Å². The molecular formula is C31H35N3O5S. The number of thioether (sulfide) groups is 1. The standard InChI is InChI=1S/C31H35N3O5S/c1-30(2,3)39-29(36)33-31(16-9-17-31)22-14-12-21(13-15-22)25-23(20-10-7-6-8-11-20)24-26(38-25)32-28(40-5)34(27(24)35)18-19-37-4/h6-8,10-15H,9,16-19H2,1-5H3,(H,33,36). The van der Waals surface area contributed by atoms with Gasteiger partial charge in [0.1, 0.15) is 16.7 Å². The van der Waals surface area contributed by atoms with Crippen molar-refractivity contribution < 1.29 is 18.7 Å². The highest BCUT2D eigenvalue weighted by atomic mass is 32.2. The van der Waals surface area contributed by atoms with Gasteiger partial charge in [0.15, 0.2) is 5.16 Å². The molecule has 0 saturated heterocycles. The van der Waals surface area contributed by atoms with Crippen molar-refractivity contribution >= 4 is 29.0 Å². The fourth-order valence-corrected chi connectivity index (χ4v) is 5.71. The van der Waals surface area contributed by atoms with Crippen LogP contribution in [0.1, 0.15) is 45.6 Å². The van der Waals surface area contributed by atoms with Gasteiger partial charge in [0.2, 0.25) is 5.71 Å². The molecule has 5 rings (SSSR count). The number of aromatic nitrogens is 2. The van der Waals surface area contributed by atoms with E-state index >= 15 is 0 Å².